The molecule has 2 aromatic heterocycles. The highest BCUT2D eigenvalue weighted by atomic mass is 32.1. The maximum absolute atomic E-state index is 12.8. The van der Waals surface area contributed by atoms with Gasteiger partial charge >= 0.3 is 12.1 Å². The second-order valence-corrected chi connectivity index (χ2v) is 8.84. The van der Waals surface area contributed by atoms with Crippen LogP contribution in [0.25, 0.3) is 20.8 Å². The molecule has 0 spiro atoms. The lowest BCUT2D eigenvalue weighted by atomic mass is 10.1. The summed E-state index contributed by atoms with van der Waals surface area (Å²) in [5.41, 5.74) is 1.44. The maximum Gasteiger partial charge on any atom is 0.416 e. The molecular formula is C21H15F3N2O3S2. The van der Waals surface area contributed by atoms with E-state index in [4.69, 9.17) is 9.84 Å². The Morgan fingerprint density at radius 3 is 2.52 bits per heavy atom. The van der Waals surface area contributed by atoms with Gasteiger partial charge in [-0.05, 0) is 31.2 Å². The van der Waals surface area contributed by atoms with Crippen LogP contribution in [0, 0.1) is 6.92 Å². The Balaban J connectivity index is 1.58. The van der Waals surface area contributed by atoms with E-state index < -0.39 is 24.3 Å². The second kappa shape index (κ2) is 8.27. The van der Waals surface area contributed by atoms with Crippen molar-refractivity contribution in [2.75, 3.05) is 6.61 Å². The van der Waals surface area contributed by atoms with E-state index in [1.807, 2.05) is 13.0 Å². The number of aryl methyl sites for hydroxylation is 1. The minimum absolute atomic E-state index is 0.434. The third kappa shape index (κ3) is 4.70. The summed E-state index contributed by atoms with van der Waals surface area (Å²) in [7, 11) is 0. The lowest BCUT2D eigenvalue weighted by Crippen LogP contribution is -2.09. The van der Waals surface area contributed by atoms with Crippen molar-refractivity contribution < 1.29 is 27.8 Å². The number of ether oxygens (including phenoxy) is 1. The van der Waals surface area contributed by atoms with E-state index in [-0.39, 0.29) is 0 Å². The summed E-state index contributed by atoms with van der Waals surface area (Å²) in [6.07, 6.45) is -3.86. The molecule has 0 fully saturated rings. The standard InChI is InChI=1S/C21H15F3N2O3S2/c1-11-16(30-20(25-11)12-5-7-13(8-6-12)21(22,23)24)9-17-26-14-3-2-4-15(19(14)31-17)29-10-18(27)28/h2-8H,9-10H2,1H3,(H,27,28). The number of halogens is 3. The first-order valence-corrected chi connectivity index (χ1v) is 10.7. The highest BCUT2D eigenvalue weighted by Crippen LogP contribution is 2.36. The number of benzene rings is 2. The van der Waals surface area contributed by atoms with Gasteiger partial charge in [0.15, 0.2) is 6.61 Å². The molecule has 0 saturated carbocycles. The predicted octanol–water partition coefficient (Wildman–Crippen LogP) is 5.80. The smallest absolute Gasteiger partial charge is 0.416 e. The van der Waals surface area contributed by atoms with Gasteiger partial charge in [0, 0.05) is 16.9 Å². The van der Waals surface area contributed by atoms with Crippen molar-refractivity contribution >= 4 is 38.9 Å². The summed E-state index contributed by atoms with van der Waals surface area (Å²) < 4.78 is 44.5. The number of fused-ring (bicyclic) bond motifs is 1. The maximum atomic E-state index is 12.8. The van der Waals surface area contributed by atoms with E-state index in [9.17, 15) is 18.0 Å². The summed E-state index contributed by atoms with van der Waals surface area (Å²) in [4.78, 5) is 20.9. The van der Waals surface area contributed by atoms with E-state index in [1.165, 1.54) is 34.8 Å². The van der Waals surface area contributed by atoms with Gasteiger partial charge in [0.05, 0.1) is 26.5 Å². The van der Waals surface area contributed by atoms with Crippen molar-refractivity contribution in [1.82, 2.24) is 9.97 Å². The highest BCUT2D eigenvalue weighted by Gasteiger charge is 2.30. The van der Waals surface area contributed by atoms with Crippen molar-refractivity contribution in [3.05, 3.63) is 63.6 Å². The fourth-order valence-electron chi connectivity index (χ4n) is 2.95. The molecule has 0 aliphatic rings. The molecule has 2 heterocycles. The molecule has 4 aromatic rings. The fraction of sp³-hybridized carbons (Fsp3) is 0.190. The van der Waals surface area contributed by atoms with Crippen LogP contribution in [0.1, 0.15) is 21.1 Å². The molecular weight excluding hydrogens is 449 g/mol. The predicted molar refractivity (Wildman–Crippen MR) is 113 cm³/mol. The molecule has 2 aromatic carbocycles. The molecule has 5 nitrogen and oxygen atoms in total. The number of thiazole rings is 2. The molecule has 0 atom stereocenters. The molecule has 0 aliphatic carbocycles. The second-order valence-electron chi connectivity index (χ2n) is 6.67. The average Bonchev–Trinajstić information content (AvgIpc) is 3.29. The van der Waals surface area contributed by atoms with Crippen molar-refractivity contribution in [2.24, 2.45) is 0 Å². The number of nitrogens with zero attached hydrogens (tertiary/aromatic N) is 2. The fourth-order valence-corrected chi connectivity index (χ4v) is 5.16. The number of rotatable bonds is 6. The van der Waals surface area contributed by atoms with Crippen molar-refractivity contribution in [2.45, 2.75) is 19.5 Å². The molecule has 10 heteroatoms. The SMILES string of the molecule is Cc1nc(-c2ccc(C(F)(F)F)cc2)sc1Cc1nc2cccc(OCC(=O)O)c2s1. The third-order valence-corrected chi connectivity index (χ3v) is 6.73. The first-order valence-electron chi connectivity index (χ1n) is 9.07. The van der Waals surface area contributed by atoms with Crippen LogP contribution in [0.3, 0.4) is 0 Å². The van der Waals surface area contributed by atoms with Gasteiger partial charge in [-0.1, -0.05) is 18.2 Å². The van der Waals surface area contributed by atoms with Gasteiger partial charge in [-0.25, -0.2) is 14.8 Å². The number of carboxylic acid groups (broad SMARTS) is 1. The minimum atomic E-state index is -4.37. The Bertz CT molecular complexity index is 1250. The zero-order chi connectivity index (χ0) is 22.2. The molecule has 0 saturated heterocycles. The highest BCUT2D eigenvalue weighted by molar-refractivity contribution is 7.19. The van der Waals surface area contributed by atoms with Crippen molar-refractivity contribution in [3.8, 4) is 16.3 Å². The van der Waals surface area contributed by atoms with Gasteiger partial charge in [0.2, 0.25) is 0 Å². The molecule has 31 heavy (non-hydrogen) atoms. The summed E-state index contributed by atoms with van der Waals surface area (Å²) in [6, 6.07) is 10.2. The van der Waals surface area contributed by atoms with Crippen LogP contribution in [0.15, 0.2) is 42.5 Å². The molecule has 0 aliphatic heterocycles. The number of aromatic nitrogens is 2. The van der Waals surface area contributed by atoms with Crippen LogP contribution >= 0.6 is 22.7 Å². The molecule has 1 N–H and O–H groups in total. The zero-order valence-electron chi connectivity index (χ0n) is 16.1. The first kappa shape index (κ1) is 21.3. The number of alkyl halides is 3. The Morgan fingerprint density at radius 1 is 1.10 bits per heavy atom. The Kier molecular flexibility index (Phi) is 5.67. The van der Waals surface area contributed by atoms with Crippen LogP contribution in [-0.2, 0) is 17.4 Å². The van der Waals surface area contributed by atoms with E-state index in [1.54, 1.807) is 12.1 Å². The van der Waals surface area contributed by atoms with E-state index in [2.05, 4.69) is 9.97 Å². The minimum Gasteiger partial charge on any atom is -0.480 e. The Morgan fingerprint density at radius 2 is 1.84 bits per heavy atom. The van der Waals surface area contributed by atoms with Crippen LogP contribution in [0.4, 0.5) is 13.2 Å². The van der Waals surface area contributed by atoms with E-state index >= 15 is 0 Å². The summed E-state index contributed by atoms with van der Waals surface area (Å²) in [6.45, 7) is 1.42. The first-order chi connectivity index (χ1) is 14.7. The lowest BCUT2D eigenvalue weighted by Gasteiger charge is -2.06. The number of aliphatic carboxylic acids is 1. The van der Waals surface area contributed by atoms with Gasteiger partial charge in [0.25, 0.3) is 0 Å². The molecule has 0 amide bonds. The number of hydrogen-bond donors (Lipinski definition) is 1. The van der Waals surface area contributed by atoms with E-state index in [0.717, 1.165) is 32.4 Å². The van der Waals surface area contributed by atoms with Gasteiger partial charge in [-0.2, -0.15) is 13.2 Å². The largest absolute Gasteiger partial charge is 0.480 e. The quantitative estimate of drug-likeness (QED) is 0.390. The summed E-state index contributed by atoms with van der Waals surface area (Å²) in [5, 5.41) is 10.3. The number of hydrogen-bond acceptors (Lipinski definition) is 6. The molecule has 160 valence electrons. The Labute approximate surface area is 182 Å². The third-order valence-electron chi connectivity index (χ3n) is 4.44. The Hall–Kier alpha value is -2.98. The van der Waals surface area contributed by atoms with Gasteiger partial charge in [-0.3, -0.25) is 0 Å². The van der Waals surface area contributed by atoms with Gasteiger partial charge in [0.1, 0.15) is 10.8 Å². The van der Waals surface area contributed by atoms with Crippen LogP contribution in [0.5, 0.6) is 5.75 Å². The zero-order valence-corrected chi connectivity index (χ0v) is 17.7. The molecule has 4 rings (SSSR count). The molecule has 0 unspecified atom stereocenters. The average molecular weight is 464 g/mol. The van der Waals surface area contributed by atoms with Crippen LogP contribution in [-0.4, -0.2) is 27.7 Å². The van der Waals surface area contributed by atoms with Crippen LogP contribution < -0.4 is 4.74 Å². The lowest BCUT2D eigenvalue weighted by molar-refractivity contribution is -0.139. The molecule has 0 bridgehead atoms. The number of carboxylic acids is 1. The summed E-state index contributed by atoms with van der Waals surface area (Å²) in [5.74, 6) is -0.590. The van der Waals surface area contributed by atoms with Gasteiger partial charge < -0.3 is 9.84 Å². The topological polar surface area (TPSA) is 72.3 Å². The van der Waals surface area contributed by atoms with Crippen LogP contribution in [0.2, 0.25) is 0 Å². The summed E-state index contributed by atoms with van der Waals surface area (Å²) >= 11 is 2.83. The van der Waals surface area contributed by atoms with Gasteiger partial charge in [-0.15, -0.1) is 22.7 Å². The number of carbonyl (C=O) groups is 1. The monoisotopic (exact) mass is 464 g/mol. The van der Waals surface area contributed by atoms with Crippen molar-refractivity contribution in [1.29, 1.82) is 0 Å². The normalized spacial score (nSPS) is 11.7. The van der Waals surface area contributed by atoms with E-state index in [0.29, 0.717) is 28.3 Å². The van der Waals surface area contributed by atoms with Crippen molar-refractivity contribution in [3.63, 3.8) is 0 Å². The molecule has 0 radical (unpaired) electrons.